The molecular formula is C18H18Cl3NO2. The van der Waals surface area contributed by atoms with Crippen molar-refractivity contribution in [2.45, 2.75) is 26.2 Å². The number of carbonyl (C=O) groups excluding carboxylic acids is 1. The Morgan fingerprint density at radius 3 is 2.33 bits per heavy atom. The molecule has 0 aromatic heterocycles. The standard InChI is InChI=1S/C18H18Cl3NO2/c1-3-11(2)12-4-6-13(7-5-12)22-18(23)10-24-17-9-15(20)14(19)8-16(17)21/h4-9,11H,3,10H2,1-2H3,(H,22,23). The predicted octanol–water partition coefficient (Wildman–Crippen LogP) is 6.18. The van der Waals surface area contributed by atoms with E-state index in [1.165, 1.54) is 17.7 Å². The lowest BCUT2D eigenvalue weighted by molar-refractivity contribution is -0.118. The molecule has 0 saturated heterocycles. The second-order valence-electron chi connectivity index (χ2n) is 5.46. The van der Waals surface area contributed by atoms with Crippen molar-refractivity contribution >= 4 is 46.4 Å². The van der Waals surface area contributed by atoms with Crippen LogP contribution in [0.1, 0.15) is 31.7 Å². The Hall–Kier alpha value is -1.42. The zero-order valence-electron chi connectivity index (χ0n) is 13.4. The van der Waals surface area contributed by atoms with Crippen LogP contribution in [-0.2, 0) is 4.79 Å². The van der Waals surface area contributed by atoms with Gasteiger partial charge in [0, 0.05) is 11.8 Å². The Labute approximate surface area is 156 Å². The fraction of sp³-hybridized carbons (Fsp3) is 0.278. The van der Waals surface area contributed by atoms with E-state index in [9.17, 15) is 4.79 Å². The summed E-state index contributed by atoms with van der Waals surface area (Å²) in [6.07, 6.45) is 1.07. The summed E-state index contributed by atoms with van der Waals surface area (Å²) < 4.78 is 5.40. The minimum atomic E-state index is -0.284. The number of hydrogen-bond acceptors (Lipinski definition) is 2. The van der Waals surface area contributed by atoms with Gasteiger partial charge in [0.25, 0.3) is 5.91 Å². The van der Waals surface area contributed by atoms with Crippen LogP contribution in [0.15, 0.2) is 36.4 Å². The first-order valence-corrected chi connectivity index (χ1v) is 8.71. The summed E-state index contributed by atoms with van der Waals surface area (Å²) in [5, 5.41) is 3.73. The average Bonchev–Trinajstić information content (AvgIpc) is 2.57. The van der Waals surface area contributed by atoms with Crippen molar-refractivity contribution in [3.05, 3.63) is 57.0 Å². The summed E-state index contributed by atoms with van der Waals surface area (Å²) in [5.74, 6) is 0.525. The van der Waals surface area contributed by atoms with E-state index < -0.39 is 0 Å². The summed E-state index contributed by atoms with van der Waals surface area (Å²) in [6.45, 7) is 4.14. The molecule has 2 rings (SSSR count). The van der Waals surface area contributed by atoms with E-state index in [0.29, 0.717) is 26.7 Å². The van der Waals surface area contributed by atoms with Crippen LogP contribution in [0.4, 0.5) is 5.69 Å². The second-order valence-corrected chi connectivity index (χ2v) is 6.69. The van der Waals surface area contributed by atoms with Crippen molar-refractivity contribution in [3.63, 3.8) is 0 Å². The van der Waals surface area contributed by atoms with Crippen LogP contribution in [0.25, 0.3) is 0 Å². The van der Waals surface area contributed by atoms with Gasteiger partial charge in [-0.1, -0.05) is 60.8 Å². The number of benzene rings is 2. The molecule has 0 spiro atoms. The van der Waals surface area contributed by atoms with Gasteiger partial charge in [-0.15, -0.1) is 0 Å². The molecule has 0 aliphatic carbocycles. The van der Waals surface area contributed by atoms with E-state index in [-0.39, 0.29) is 12.5 Å². The molecule has 0 aliphatic heterocycles. The maximum atomic E-state index is 12.0. The molecule has 2 aromatic rings. The monoisotopic (exact) mass is 385 g/mol. The Morgan fingerprint density at radius 2 is 1.71 bits per heavy atom. The van der Waals surface area contributed by atoms with Gasteiger partial charge >= 0.3 is 0 Å². The van der Waals surface area contributed by atoms with Crippen LogP contribution in [0, 0.1) is 0 Å². The number of anilines is 1. The third-order valence-corrected chi connectivity index (χ3v) is 4.73. The minimum absolute atomic E-state index is 0.176. The zero-order valence-corrected chi connectivity index (χ0v) is 15.7. The summed E-state index contributed by atoms with van der Waals surface area (Å²) in [5.41, 5.74) is 1.96. The molecular weight excluding hydrogens is 369 g/mol. The zero-order chi connectivity index (χ0) is 17.7. The van der Waals surface area contributed by atoms with Gasteiger partial charge in [-0.3, -0.25) is 4.79 Å². The predicted molar refractivity (Wildman–Crippen MR) is 101 cm³/mol. The number of halogens is 3. The molecule has 0 radical (unpaired) electrons. The number of nitrogens with one attached hydrogen (secondary N) is 1. The van der Waals surface area contributed by atoms with Gasteiger partial charge in [-0.05, 0) is 36.1 Å². The van der Waals surface area contributed by atoms with Crippen molar-refractivity contribution in [2.75, 3.05) is 11.9 Å². The fourth-order valence-electron chi connectivity index (χ4n) is 2.09. The van der Waals surface area contributed by atoms with Crippen molar-refractivity contribution in [1.29, 1.82) is 0 Å². The van der Waals surface area contributed by atoms with E-state index in [4.69, 9.17) is 39.5 Å². The highest BCUT2D eigenvalue weighted by atomic mass is 35.5. The van der Waals surface area contributed by atoms with Crippen LogP contribution >= 0.6 is 34.8 Å². The molecule has 1 amide bonds. The minimum Gasteiger partial charge on any atom is -0.482 e. The number of amides is 1. The van der Waals surface area contributed by atoms with Crippen molar-refractivity contribution in [3.8, 4) is 5.75 Å². The van der Waals surface area contributed by atoms with E-state index in [1.54, 1.807) is 0 Å². The van der Waals surface area contributed by atoms with Gasteiger partial charge in [-0.25, -0.2) is 0 Å². The Morgan fingerprint density at radius 1 is 1.08 bits per heavy atom. The Balaban J connectivity index is 1.93. The van der Waals surface area contributed by atoms with Gasteiger partial charge in [0.05, 0.1) is 15.1 Å². The molecule has 128 valence electrons. The Bertz CT molecular complexity index is 717. The molecule has 6 heteroatoms. The summed E-state index contributed by atoms with van der Waals surface area (Å²) in [7, 11) is 0. The first-order chi connectivity index (χ1) is 11.4. The largest absolute Gasteiger partial charge is 0.482 e. The number of rotatable bonds is 6. The molecule has 1 unspecified atom stereocenters. The van der Waals surface area contributed by atoms with Gasteiger partial charge in [-0.2, -0.15) is 0 Å². The molecule has 0 bridgehead atoms. The normalized spacial score (nSPS) is 11.9. The fourth-order valence-corrected chi connectivity index (χ4v) is 2.68. The van der Waals surface area contributed by atoms with Gasteiger partial charge in [0.1, 0.15) is 5.75 Å². The SMILES string of the molecule is CCC(C)c1ccc(NC(=O)COc2cc(Cl)c(Cl)cc2Cl)cc1. The van der Waals surface area contributed by atoms with E-state index >= 15 is 0 Å². The maximum Gasteiger partial charge on any atom is 0.262 e. The molecule has 0 saturated carbocycles. The number of ether oxygens (including phenoxy) is 1. The third kappa shape index (κ3) is 5.04. The van der Waals surface area contributed by atoms with Crippen molar-refractivity contribution in [2.24, 2.45) is 0 Å². The van der Waals surface area contributed by atoms with Crippen LogP contribution in [0.5, 0.6) is 5.75 Å². The number of hydrogen-bond donors (Lipinski definition) is 1. The summed E-state index contributed by atoms with van der Waals surface area (Å²) in [6, 6.07) is 10.8. The molecule has 0 fully saturated rings. The molecule has 0 aliphatic rings. The average molecular weight is 387 g/mol. The smallest absolute Gasteiger partial charge is 0.262 e. The highest BCUT2D eigenvalue weighted by molar-refractivity contribution is 6.43. The van der Waals surface area contributed by atoms with E-state index in [0.717, 1.165) is 12.1 Å². The van der Waals surface area contributed by atoms with Crippen LogP contribution < -0.4 is 10.1 Å². The van der Waals surface area contributed by atoms with Crippen LogP contribution in [0.2, 0.25) is 15.1 Å². The second kappa shape index (κ2) is 8.61. The van der Waals surface area contributed by atoms with Gasteiger partial charge in [0.2, 0.25) is 0 Å². The van der Waals surface area contributed by atoms with E-state index in [2.05, 4.69) is 19.2 Å². The number of carbonyl (C=O) groups is 1. The van der Waals surface area contributed by atoms with Gasteiger partial charge in [0.15, 0.2) is 6.61 Å². The Kier molecular flexibility index (Phi) is 6.79. The highest BCUT2D eigenvalue weighted by Crippen LogP contribution is 2.33. The summed E-state index contributed by atoms with van der Waals surface area (Å²) >= 11 is 17.8. The summed E-state index contributed by atoms with van der Waals surface area (Å²) in [4.78, 5) is 12.0. The molecule has 3 nitrogen and oxygen atoms in total. The van der Waals surface area contributed by atoms with E-state index in [1.807, 2.05) is 24.3 Å². The highest BCUT2D eigenvalue weighted by Gasteiger charge is 2.10. The van der Waals surface area contributed by atoms with Crippen LogP contribution in [0.3, 0.4) is 0 Å². The van der Waals surface area contributed by atoms with Crippen molar-refractivity contribution < 1.29 is 9.53 Å². The first kappa shape index (κ1) is 18.9. The first-order valence-electron chi connectivity index (χ1n) is 7.57. The maximum absolute atomic E-state index is 12.0. The van der Waals surface area contributed by atoms with Crippen LogP contribution in [-0.4, -0.2) is 12.5 Å². The topological polar surface area (TPSA) is 38.3 Å². The third-order valence-electron chi connectivity index (χ3n) is 3.71. The lowest BCUT2D eigenvalue weighted by Gasteiger charge is -2.12. The quantitative estimate of drug-likeness (QED) is 0.602. The lowest BCUT2D eigenvalue weighted by atomic mass is 9.99. The molecule has 1 N–H and O–H groups in total. The molecule has 24 heavy (non-hydrogen) atoms. The van der Waals surface area contributed by atoms with Crippen molar-refractivity contribution in [1.82, 2.24) is 0 Å². The molecule has 1 atom stereocenters. The molecule has 0 heterocycles. The molecule has 2 aromatic carbocycles. The lowest BCUT2D eigenvalue weighted by Crippen LogP contribution is -2.20. The van der Waals surface area contributed by atoms with Gasteiger partial charge < -0.3 is 10.1 Å².